The number of carbonyl (C=O) groups is 1. The predicted molar refractivity (Wildman–Crippen MR) is 83.3 cm³/mol. The molecule has 0 heterocycles. The molecule has 0 fully saturated rings. The summed E-state index contributed by atoms with van der Waals surface area (Å²) in [5, 5.41) is 6.42. The molecule has 0 aliphatic carbocycles. The van der Waals surface area contributed by atoms with Crippen molar-refractivity contribution >= 4 is 23.2 Å². The van der Waals surface area contributed by atoms with Gasteiger partial charge in [-0.1, -0.05) is 23.7 Å². The zero-order valence-corrected chi connectivity index (χ0v) is 12.9. The summed E-state index contributed by atoms with van der Waals surface area (Å²) in [7, 11) is 0. The highest BCUT2D eigenvalue weighted by molar-refractivity contribution is 6.33. The van der Waals surface area contributed by atoms with Crippen molar-refractivity contribution in [1.82, 2.24) is 5.32 Å². The third-order valence-corrected chi connectivity index (χ3v) is 2.96. The number of unbranched alkanes of at least 4 members (excludes halogenated alkanes) is 1. The van der Waals surface area contributed by atoms with Crippen LogP contribution in [0.1, 0.15) is 26.7 Å². The van der Waals surface area contributed by atoms with Gasteiger partial charge in [-0.2, -0.15) is 0 Å². The van der Waals surface area contributed by atoms with Crippen molar-refractivity contribution in [3.8, 4) is 0 Å². The summed E-state index contributed by atoms with van der Waals surface area (Å²) < 4.78 is 5.44. The van der Waals surface area contributed by atoms with E-state index in [1.54, 1.807) is 12.1 Å². The van der Waals surface area contributed by atoms with Crippen LogP contribution >= 0.6 is 11.6 Å². The first-order valence-corrected chi connectivity index (χ1v) is 7.34. The number of halogens is 1. The molecule has 0 saturated heterocycles. The molecule has 0 saturated carbocycles. The molecule has 0 spiro atoms. The molecular weight excluding hydrogens is 276 g/mol. The zero-order valence-electron chi connectivity index (χ0n) is 12.1. The first-order valence-electron chi connectivity index (χ1n) is 6.96. The fraction of sp³-hybridized carbons (Fsp3) is 0.533. The minimum atomic E-state index is -0.0865. The van der Waals surface area contributed by atoms with E-state index in [0.29, 0.717) is 10.7 Å². The van der Waals surface area contributed by atoms with Crippen LogP contribution in [0, 0.1) is 0 Å². The van der Waals surface area contributed by atoms with E-state index in [1.165, 1.54) is 0 Å². The molecule has 0 unspecified atom stereocenters. The van der Waals surface area contributed by atoms with Gasteiger partial charge in [0.15, 0.2) is 0 Å². The van der Waals surface area contributed by atoms with Crippen LogP contribution in [0.15, 0.2) is 24.3 Å². The maximum atomic E-state index is 11.7. The van der Waals surface area contributed by atoms with E-state index < -0.39 is 0 Å². The van der Waals surface area contributed by atoms with Gasteiger partial charge in [0.05, 0.1) is 23.4 Å². The summed E-state index contributed by atoms with van der Waals surface area (Å²) in [6, 6.07) is 7.20. The molecule has 1 aromatic carbocycles. The molecular formula is C15H23ClN2O2. The Balaban J connectivity index is 2.08. The fourth-order valence-corrected chi connectivity index (χ4v) is 1.81. The molecule has 0 aliphatic heterocycles. The summed E-state index contributed by atoms with van der Waals surface area (Å²) in [5.74, 6) is -0.0865. The lowest BCUT2D eigenvalue weighted by molar-refractivity contribution is -0.115. The number of amides is 1. The van der Waals surface area contributed by atoms with Gasteiger partial charge in [0.2, 0.25) is 5.91 Å². The van der Waals surface area contributed by atoms with Gasteiger partial charge in [0, 0.05) is 6.61 Å². The number of para-hydroxylation sites is 1. The average molecular weight is 299 g/mol. The van der Waals surface area contributed by atoms with Crippen LogP contribution in [0.5, 0.6) is 0 Å². The summed E-state index contributed by atoms with van der Waals surface area (Å²) >= 11 is 5.96. The number of hydrogen-bond acceptors (Lipinski definition) is 3. The molecule has 1 aromatic rings. The highest BCUT2D eigenvalue weighted by atomic mass is 35.5. The number of nitrogens with one attached hydrogen (secondary N) is 2. The maximum Gasteiger partial charge on any atom is 0.238 e. The molecule has 4 nitrogen and oxygen atoms in total. The Labute approximate surface area is 125 Å². The van der Waals surface area contributed by atoms with E-state index in [9.17, 15) is 4.79 Å². The van der Waals surface area contributed by atoms with Crippen LogP contribution in [0.3, 0.4) is 0 Å². The fourth-order valence-electron chi connectivity index (χ4n) is 1.63. The monoisotopic (exact) mass is 298 g/mol. The lowest BCUT2D eigenvalue weighted by Crippen LogP contribution is -2.29. The smallest absolute Gasteiger partial charge is 0.238 e. The van der Waals surface area contributed by atoms with Crippen molar-refractivity contribution in [3.63, 3.8) is 0 Å². The van der Waals surface area contributed by atoms with Crippen LogP contribution in [0.25, 0.3) is 0 Å². The van der Waals surface area contributed by atoms with Crippen molar-refractivity contribution in [3.05, 3.63) is 29.3 Å². The third-order valence-electron chi connectivity index (χ3n) is 2.63. The summed E-state index contributed by atoms with van der Waals surface area (Å²) in [5.41, 5.74) is 0.645. The number of carbonyl (C=O) groups excluding carboxylic acids is 1. The van der Waals surface area contributed by atoms with Crippen LogP contribution in [-0.4, -0.2) is 31.7 Å². The minimum Gasteiger partial charge on any atom is -0.379 e. The van der Waals surface area contributed by atoms with E-state index >= 15 is 0 Å². The zero-order chi connectivity index (χ0) is 14.8. The van der Waals surface area contributed by atoms with E-state index in [1.807, 2.05) is 26.0 Å². The Hall–Kier alpha value is -1.10. The highest BCUT2D eigenvalue weighted by Crippen LogP contribution is 2.19. The van der Waals surface area contributed by atoms with Crippen molar-refractivity contribution < 1.29 is 9.53 Å². The quantitative estimate of drug-likeness (QED) is 0.689. The van der Waals surface area contributed by atoms with Crippen molar-refractivity contribution in [2.45, 2.75) is 32.8 Å². The first-order chi connectivity index (χ1) is 9.59. The van der Waals surface area contributed by atoms with Gasteiger partial charge in [0.1, 0.15) is 0 Å². The molecule has 0 radical (unpaired) electrons. The number of rotatable bonds is 9. The van der Waals surface area contributed by atoms with Crippen LogP contribution in [-0.2, 0) is 9.53 Å². The standard InChI is InChI=1S/C15H23ClN2O2/c1-12(2)20-10-6-5-9-17-11-15(19)18-14-8-4-3-7-13(14)16/h3-4,7-8,12,17H,5-6,9-11H2,1-2H3,(H,18,19). The highest BCUT2D eigenvalue weighted by Gasteiger charge is 2.04. The largest absolute Gasteiger partial charge is 0.379 e. The maximum absolute atomic E-state index is 11.7. The molecule has 112 valence electrons. The molecule has 0 bridgehead atoms. The van der Waals surface area contributed by atoms with Crippen LogP contribution in [0.2, 0.25) is 5.02 Å². The molecule has 5 heteroatoms. The van der Waals surface area contributed by atoms with Gasteiger partial charge < -0.3 is 15.4 Å². The minimum absolute atomic E-state index is 0.0865. The van der Waals surface area contributed by atoms with Gasteiger partial charge >= 0.3 is 0 Å². The second-order valence-corrected chi connectivity index (χ2v) is 5.24. The molecule has 0 aromatic heterocycles. The molecule has 20 heavy (non-hydrogen) atoms. The van der Waals surface area contributed by atoms with Crippen molar-refractivity contribution in [2.75, 3.05) is 25.0 Å². The summed E-state index contributed by atoms with van der Waals surface area (Å²) in [6.07, 6.45) is 2.27. The Morgan fingerprint density at radius 1 is 1.30 bits per heavy atom. The Morgan fingerprint density at radius 3 is 2.75 bits per heavy atom. The summed E-state index contributed by atoms with van der Waals surface area (Å²) in [6.45, 7) is 5.91. The molecule has 1 rings (SSSR count). The van der Waals surface area contributed by atoms with Crippen LogP contribution in [0.4, 0.5) is 5.69 Å². The average Bonchev–Trinajstić information content (AvgIpc) is 2.40. The normalized spacial score (nSPS) is 10.8. The Morgan fingerprint density at radius 2 is 2.05 bits per heavy atom. The number of anilines is 1. The van der Waals surface area contributed by atoms with E-state index in [2.05, 4.69) is 10.6 Å². The van der Waals surface area contributed by atoms with E-state index in [4.69, 9.17) is 16.3 Å². The molecule has 1 amide bonds. The molecule has 0 atom stereocenters. The van der Waals surface area contributed by atoms with Gasteiger partial charge in [-0.25, -0.2) is 0 Å². The molecule has 0 aliphatic rings. The van der Waals surface area contributed by atoms with Gasteiger partial charge in [0.25, 0.3) is 0 Å². The van der Waals surface area contributed by atoms with Crippen molar-refractivity contribution in [2.24, 2.45) is 0 Å². The molecule has 2 N–H and O–H groups in total. The lowest BCUT2D eigenvalue weighted by Gasteiger charge is -2.09. The Bertz CT molecular complexity index is 411. The first kappa shape index (κ1) is 17.0. The number of benzene rings is 1. The topological polar surface area (TPSA) is 50.4 Å². The number of ether oxygens (including phenoxy) is 1. The van der Waals surface area contributed by atoms with E-state index in [0.717, 1.165) is 26.0 Å². The lowest BCUT2D eigenvalue weighted by atomic mass is 10.3. The van der Waals surface area contributed by atoms with E-state index in [-0.39, 0.29) is 18.6 Å². The third kappa shape index (κ3) is 7.48. The van der Waals surface area contributed by atoms with Crippen LogP contribution < -0.4 is 10.6 Å². The summed E-state index contributed by atoms with van der Waals surface area (Å²) in [4.78, 5) is 11.7. The SMILES string of the molecule is CC(C)OCCCCNCC(=O)Nc1ccccc1Cl. The predicted octanol–water partition coefficient (Wildman–Crippen LogP) is 3.07. The van der Waals surface area contributed by atoms with Crippen molar-refractivity contribution in [1.29, 1.82) is 0 Å². The second kappa shape index (κ2) is 9.75. The van der Waals surface area contributed by atoms with Gasteiger partial charge in [-0.15, -0.1) is 0 Å². The second-order valence-electron chi connectivity index (χ2n) is 4.83. The number of hydrogen-bond donors (Lipinski definition) is 2. The van der Waals surface area contributed by atoms with Gasteiger partial charge in [-0.3, -0.25) is 4.79 Å². The van der Waals surface area contributed by atoms with Gasteiger partial charge in [-0.05, 0) is 45.4 Å². The Kier molecular flexibility index (Phi) is 8.26.